The summed E-state index contributed by atoms with van der Waals surface area (Å²) in [4.78, 5) is 0. The molecule has 0 saturated heterocycles. The Hall–Kier alpha value is -0.703. The van der Waals surface area contributed by atoms with Crippen molar-refractivity contribution in [3.05, 3.63) is 24.7 Å². The fourth-order valence-electron chi connectivity index (χ4n) is 0.648. The summed E-state index contributed by atoms with van der Waals surface area (Å²) in [6.07, 6.45) is 3.37. The van der Waals surface area contributed by atoms with Gasteiger partial charge in [0.25, 0.3) is 0 Å². The zero-order chi connectivity index (χ0) is 9.61. The van der Waals surface area contributed by atoms with E-state index in [-0.39, 0.29) is 0 Å². The van der Waals surface area contributed by atoms with E-state index in [2.05, 4.69) is 26.2 Å². The fourth-order valence-corrected chi connectivity index (χ4v) is 1.50. The summed E-state index contributed by atoms with van der Waals surface area (Å²) >= 11 is 0. The smallest absolute Gasteiger partial charge is 0.242 e. The summed E-state index contributed by atoms with van der Waals surface area (Å²) in [5.41, 5.74) is 0. The van der Waals surface area contributed by atoms with E-state index in [1.165, 1.54) is 0 Å². The van der Waals surface area contributed by atoms with Gasteiger partial charge in [-0.3, -0.25) is 0 Å². The monoisotopic (exact) mass is 186 g/mol. The normalized spacial score (nSPS) is 11.7. The molecule has 2 nitrogen and oxygen atoms in total. The van der Waals surface area contributed by atoms with Crippen LogP contribution in [-0.2, 0) is 9.16 Å². The molecule has 0 rings (SSSR count). The minimum Gasteiger partial charge on any atom is -0.545 e. The molecule has 0 heterocycles. The topological polar surface area (TPSA) is 18.5 Å². The first-order valence-corrected chi connectivity index (χ1v) is 7.52. The molecule has 0 aromatic carbocycles. The molecule has 0 atom stereocenters. The zero-order valence-corrected chi connectivity index (χ0v) is 9.39. The van der Waals surface area contributed by atoms with E-state index < -0.39 is 8.32 Å². The average Bonchev–Trinajstić information content (AvgIpc) is 1.84. The number of rotatable bonds is 5. The quantitative estimate of drug-likeness (QED) is 0.373. The highest BCUT2D eigenvalue weighted by molar-refractivity contribution is 6.70. The Kier molecular flexibility index (Phi) is 4.74. The summed E-state index contributed by atoms with van der Waals surface area (Å²) in [6.45, 7) is 12.7. The molecule has 0 aromatic rings. The predicted octanol–water partition coefficient (Wildman–Crippen LogP) is 2.90. The summed E-state index contributed by atoms with van der Waals surface area (Å²) in [6, 6.07) is 0. The van der Waals surface area contributed by atoms with Crippen LogP contribution in [0.15, 0.2) is 24.7 Å². The molecule has 70 valence electrons. The first-order valence-electron chi connectivity index (χ1n) is 4.12. The summed E-state index contributed by atoms with van der Waals surface area (Å²) < 4.78 is 10.6. The lowest BCUT2D eigenvalue weighted by Crippen LogP contribution is -2.24. The molecule has 0 fully saturated rings. The molecule has 0 radical (unpaired) electrons. The van der Waals surface area contributed by atoms with E-state index in [9.17, 15) is 0 Å². The number of hydrogen-bond acceptors (Lipinski definition) is 2. The molecule has 0 amide bonds. The van der Waals surface area contributed by atoms with Gasteiger partial charge in [-0.05, 0) is 26.6 Å². The van der Waals surface area contributed by atoms with Crippen LogP contribution in [0.3, 0.4) is 0 Å². The van der Waals surface area contributed by atoms with Crippen LogP contribution in [0, 0.1) is 0 Å². The maximum Gasteiger partial charge on any atom is 0.242 e. The van der Waals surface area contributed by atoms with Crippen molar-refractivity contribution >= 4 is 8.32 Å². The SMILES string of the molecule is C=C(/C=C/OCC)O[Si](C)(C)C. The lowest BCUT2D eigenvalue weighted by molar-refractivity contribution is 0.267. The van der Waals surface area contributed by atoms with Gasteiger partial charge in [0.15, 0.2) is 0 Å². The molecule has 0 unspecified atom stereocenters. The maximum absolute atomic E-state index is 5.56. The minimum atomic E-state index is -1.49. The van der Waals surface area contributed by atoms with Crippen LogP contribution in [0.5, 0.6) is 0 Å². The van der Waals surface area contributed by atoms with Crippen LogP contribution in [0.25, 0.3) is 0 Å². The third kappa shape index (κ3) is 7.40. The maximum atomic E-state index is 5.56. The van der Waals surface area contributed by atoms with Crippen molar-refractivity contribution < 1.29 is 9.16 Å². The van der Waals surface area contributed by atoms with E-state index in [4.69, 9.17) is 9.16 Å². The Morgan fingerprint density at radius 3 is 2.42 bits per heavy atom. The molecule has 0 spiro atoms. The molecular formula is C9H18O2Si. The second kappa shape index (κ2) is 5.03. The lowest BCUT2D eigenvalue weighted by Gasteiger charge is -2.18. The Balaban J connectivity index is 3.75. The Morgan fingerprint density at radius 2 is 2.00 bits per heavy atom. The molecule has 0 aromatic heterocycles. The standard InChI is InChI=1S/C9H18O2Si/c1-6-10-8-7-9(2)11-12(3,4)5/h7-8H,2,6H2,1,3-5H3/b8-7+. The van der Waals surface area contributed by atoms with Crippen molar-refractivity contribution in [1.82, 2.24) is 0 Å². The molecular weight excluding hydrogens is 168 g/mol. The lowest BCUT2D eigenvalue weighted by atomic mass is 10.5. The van der Waals surface area contributed by atoms with E-state index in [0.717, 1.165) is 0 Å². The Labute approximate surface area is 76.0 Å². The summed E-state index contributed by atoms with van der Waals surface area (Å²) in [7, 11) is -1.49. The molecule has 0 aliphatic heterocycles. The van der Waals surface area contributed by atoms with Crippen LogP contribution in [0.2, 0.25) is 19.6 Å². The minimum absolute atomic E-state index is 0.677. The van der Waals surface area contributed by atoms with Crippen LogP contribution < -0.4 is 0 Å². The van der Waals surface area contributed by atoms with Crippen molar-refractivity contribution in [2.24, 2.45) is 0 Å². The first-order chi connectivity index (χ1) is 5.45. The van der Waals surface area contributed by atoms with Gasteiger partial charge >= 0.3 is 0 Å². The first kappa shape index (κ1) is 11.3. The van der Waals surface area contributed by atoms with Crippen molar-refractivity contribution in [2.45, 2.75) is 26.6 Å². The second-order valence-corrected chi connectivity index (χ2v) is 7.87. The highest BCUT2D eigenvalue weighted by Crippen LogP contribution is 2.09. The van der Waals surface area contributed by atoms with E-state index in [0.29, 0.717) is 12.4 Å². The fraction of sp³-hybridized carbons (Fsp3) is 0.556. The average molecular weight is 186 g/mol. The van der Waals surface area contributed by atoms with Gasteiger partial charge in [0.1, 0.15) is 0 Å². The van der Waals surface area contributed by atoms with E-state index >= 15 is 0 Å². The van der Waals surface area contributed by atoms with E-state index in [1.807, 2.05) is 6.92 Å². The van der Waals surface area contributed by atoms with Crippen LogP contribution in [0.4, 0.5) is 0 Å². The predicted molar refractivity (Wildman–Crippen MR) is 54.3 cm³/mol. The van der Waals surface area contributed by atoms with Gasteiger partial charge in [0, 0.05) is 6.08 Å². The van der Waals surface area contributed by atoms with Gasteiger partial charge in [-0.25, -0.2) is 0 Å². The zero-order valence-electron chi connectivity index (χ0n) is 8.39. The molecule has 0 aliphatic rings. The number of allylic oxidation sites excluding steroid dienone is 1. The molecule has 3 heteroatoms. The van der Waals surface area contributed by atoms with Crippen LogP contribution in [0.1, 0.15) is 6.92 Å². The van der Waals surface area contributed by atoms with Gasteiger partial charge in [0.05, 0.1) is 18.6 Å². The summed E-state index contributed by atoms with van der Waals surface area (Å²) in [5.74, 6) is 0.683. The van der Waals surface area contributed by atoms with Crippen molar-refractivity contribution in [1.29, 1.82) is 0 Å². The highest BCUT2D eigenvalue weighted by atomic mass is 28.4. The molecule has 0 aliphatic carbocycles. The van der Waals surface area contributed by atoms with Gasteiger partial charge in [0.2, 0.25) is 8.32 Å². The molecule has 0 saturated carbocycles. The third-order valence-electron chi connectivity index (χ3n) is 0.954. The van der Waals surface area contributed by atoms with Gasteiger partial charge in [-0.1, -0.05) is 6.58 Å². The van der Waals surface area contributed by atoms with Gasteiger partial charge in [-0.15, -0.1) is 0 Å². The Morgan fingerprint density at radius 1 is 1.42 bits per heavy atom. The van der Waals surface area contributed by atoms with Crippen molar-refractivity contribution in [3.63, 3.8) is 0 Å². The second-order valence-electron chi connectivity index (χ2n) is 3.44. The molecule has 0 bridgehead atoms. The number of ether oxygens (including phenoxy) is 1. The largest absolute Gasteiger partial charge is 0.545 e. The Bertz CT molecular complexity index is 168. The van der Waals surface area contributed by atoms with Gasteiger partial charge in [-0.2, -0.15) is 0 Å². The third-order valence-corrected chi connectivity index (χ3v) is 1.83. The summed E-state index contributed by atoms with van der Waals surface area (Å²) in [5, 5.41) is 0. The van der Waals surface area contributed by atoms with E-state index in [1.54, 1.807) is 12.3 Å². The van der Waals surface area contributed by atoms with Crippen LogP contribution >= 0.6 is 0 Å². The highest BCUT2D eigenvalue weighted by Gasteiger charge is 2.15. The van der Waals surface area contributed by atoms with Crippen molar-refractivity contribution in [2.75, 3.05) is 6.61 Å². The molecule has 0 N–H and O–H groups in total. The van der Waals surface area contributed by atoms with Crippen LogP contribution in [-0.4, -0.2) is 14.9 Å². The number of hydrogen-bond donors (Lipinski definition) is 0. The van der Waals surface area contributed by atoms with Gasteiger partial charge < -0.3 is 9.16 Å². The molecule has 12 heavy (non-hydrogen) atoms. The van der Waals surface area contributed by atoms with Crippen molar-refractivity contribution in [3.8, 4) is 0 Å².